The van der Waals surface area contributed by atoms with Gasteiger partial charge in [-0.25, -0.2) is 0 Å². The van der Waals surface area contributed by atoms with Gasteiger partial charge in [-0.15, -0.1) is 0 Å². The van der Waals surface area contributed by atoms with Gasteiger partial charge >= 0.3 is 6.18 Å². The first kappa shape index (κ1) is 22.7. The van der Waals surface area contributed by atoms with Crippen molar-refractivity contribution in [2.45, 2.75) is 26.9 Å². The van der Waals surface area contributed by atoms with Crippen molar-refractivity contribution < 1.29 is 27.3 Å². The normalized spacial score (nSPS) is 13.5. The molecule has 3 aromatic rings. The summed E-state index contributed by atoms with van der Waals surface area (Å²) in [6.07, 6.45) is -4.89. The maximum Gasteiger partial charge on any atom is 0.417 e. The Morgan fingerprint density at radius 2 is 1.29 bits per heavy atom. The van der Waals surface area contributed by atoms with Gasteiger partial charge in [0.15, 0.2) is 0 Å². The summed E-state index contributed by atoms with van der Waals surface area (Å²) in [5.41, 5.74) is -1.89. The van der Waals surface area contributed by atoms with E-state index in [0.29, 0.717) is 16.7 Å². The van der Waals surface area contributed by atoms with Crippen molar-refractivity contribution in [3.63, 3.8) is 0 Å². The number of hydrogen-bond donors (Lipinski definition) is 0. The predicted octanol–water partition coefficient (Wildman–Crippen LogP) is 6.30. The van der Waals surface area contributed by atoms with Gasteiger partial charge in [-0.1, -0.05) is 60.7 Å². The number of halogens is 3. The minimum atomic E-state index is -4.90. The number of rotatable bonds is 5. The molecule has 1 unspecified atom stereocenters. The lowest BCUT2D eigenvalue weighted by Gasteiger charge is -2.22. The topological polar surface area (TPSA) is 51.2 Å². The number of alkyl halides is 3. The minimum absolute atomic E-state index is 0.0181. The molecule has 0 aliphatic rings. The molecule has 0 saturated heterocycles. The van der Waals surface area contributed by atoms with E-state index in [2.05, 4.69) is 0 Å². The molecule has 0 aliphatic carbocycles. The Morgan fingerprint density at radius 3 is 1.90 bits per heavy atom. The highest BCUT2D eigenvalue weighted by molar-refractivity contribution is 8.01. The monoisotopic (exact) mass is 444 g/mol. The van der Waals surface area contributed by atoms with Crippen LogP contribution in [-0.2, 0) is 10.7 Å². The van der Waals surface area contributed by atoms with E-state index < -0.39 is 35.2 Å². The Hall–Kier alpha value is -2.98. The van der Waals surface area contributed by atoms with Crippen LogP contribution in [0.15, 0.2) is 66.7 Å². The quantitative estimate of drug-likeness (QED) is 0.434. The number of hydrogen-bond acceptors (Lipinski definition) is 3. The average Bonchev–Trinajstić information content (AvgIpc) is 2.75. The van der Waals surface area contributed by atoms with Gasteiger partial charge in [0.2, 0.25) is 18.2 Å². The first-order valence-corrected chi connectivity index (χ1v) is 11.2. The van der Waals surface area contributed by atoms with E-state index >= 15 is 0 Å². The first-order valence-electron chi connectivity index (χ1n) is 9.48. The SMILES string of the molecule is Cc1ccc(C)c(C(=O)P(=O)(C(=O)c2ccccc2)c2ccccc2C(F)(F)F)c1C. The molecule has 0 spiro atoms. The Bertz CT molecular complexity index is 1210. The zero-order chi connectivity index (χ0) is 23.0. The van der Waals surface area contributed by atoms with Gasteiger partial charge in [0, 0.05) is 16.4 Å². The van der Waals surface area contributed by atoms with Crippen molar-refractivity contribution in [3.8, 4) is 0 Å². The van der Waals surface area contributed by atoms with Crippen LogP contribution in [0.25, 0.3) is 0 Å². The van der Waals surface area contributed by atoms with E-state index in [1.807, 2.05) is 0 Å². The van der Waals surface area contributed by atoms with E-state index in [1.165, 1.54) is 30.3 Å². The minimum Gasteiger partial charge on any atom is -0.302 e. The Balaban J connectivity index is 2.38. The predicted molar refractivity (Wildman–Crippen MR) is 114 cm³/mol. The van der Waals surface area contributed by atoms with E-state index in [9.17, 15) is 27.3 Å². The molecule has 160 valence electrons. The van der Waals surface area contributed by atoms with Gasteiger partial charge < -0.3 is 4.57 Å². The Kier molecular flexibility index (Phi) is 6.06. The summed E-state index contributed by atoms with van der Waals surface area (Å²) in [7, 11) is -4.90. The van der Waals surface area contributed by atoms with Crippen molar-refractivity contribution in [1.82, 2.24) is 0 Å². The molecule has 0 fully saturated rings. The van der Waals surface area contributed by atoms with Crippen LogP contribution in [0.1, 0.15) is 43.0 Å². The third kappa shape index (κ3) is 4.00. The Morgan fingerprint density at radius 1 is 0.742 bits per heavy atom. The van der Waals surface area contributed by atoms with E-state index in [4.69, 9.17) is 0 Å². The second-order valence-corrected chi connectivity index (χ2v) is 9.81. The molecule has 0 heterocycles. The summed E-state index contributed by atoms with van der Waals surface area (Å²) < 4.78 is 55.7. The van der Waals surface area contributed by atoms with E-state index in [1.54, 1.807) is 39.0 Å². The maximum atomic E-state index is 14.3. The van der Waals surface area contributed by atoms with E-state index in [-0.39, 0.29) is 11.1 Å². The largest absolute Gasteiger partial charge is 0.417 e. The third-order valence-corrected chi connectivity index (χ3v) is 7.99. The molecule has 0 saturated carbocycles. The van der Waals surface area contributed by atoms with Crippen LogP contribution in [0.3, 0.4) is 0 Å². The molecule has 0 aliphatic heterocycles. The molecule has 3 rings (SSSR count). The molecule has 0 radical (unpaired) electrons. The average molecular weight is 444 g/mol. The zero-order valence-corrected chi connectivity index (χ0v) is 18.1. The molecular weight excluding hydrogens is 424 g/mol. The molecule has 0 aromatic heterocycles. The highest BCUT2D eigenvalue weighted by Gasteiger charge is 2.48. The smallest absolute Gasteiger partial charge is 0.302 e. The summed E-state index contributed by atoms with van der Waals surface area (Å²) >= 11 is 0. The number of carbonyl (C=O) groups excluding carboxylic acids is 2. The molecule has 3 aromatic carbocycles. The fraction of sp³-hybridized carbons (Fsp3) is 0.167. The number of benzene rings is 3. The molecular formula is C24H20F3O3P. The molecule has 3 nitrogen and oxygen atoms in total. The van der Waals surface area contributed by atoms with Gasteiger partial charge in [-0.3, -0.25) is 9.59 Å². The number of aryl methyl sites for hydroxylation is 2. The fourth-order valence-corrected chi connectivity index (χ4v) is 6.13. The summed E-state index contributed by atoms with van der Waals surface area (Å²) in [5.74, 6) is 0. The van der Waals surface area contributed by atoms with Crippen molar-refractivity contribution >= 4 is 23.5 Å². The molecule has 7 heteroatoms. The van der Waals surface area contributed by atoms with Gasteiger partial charge in [-0.2, -0.15) is 13.2 Å². The van der Waals surface area contributed by atoms with Crippen molar-refractivity contribution in [3.05, 3.63) is 100 Å². The fourth-order valence-electron chi connectivity index (χ4n) is 3.50. The van der Waals surface area contributed by atoms with Gasteiger partial charge in [-0.05, 0) is 43.5 Å². The van der Waals surface area contributed by atoms with Crippen LogP contribution in [0.5, 0.6) is 0 Å². The maximum absolute atomic E-state index is 14.3. The van der Waals surface area contributed by atoms with Crippen LogP contribution < -0.4 is 5.30 Å². The van der Waals surface area contributed by atoms with Crippen LogP contribution >= 0.6 is 7.14 Å². The lowest BCUT2D eigenvalue weighted by molar-refractivity contribution is -0.136. The Labute approximate surface area is 178 Å². The number of carbonyl (C=O) groups is 2. The van der Waals surface area contributed by atoms with Crippen molar-refractivity contribution in [2.24, 2.45) is 0 Å². The van der Waals surface area contributed by atoms with Crippen LogP contribution in [0, 0.1) is 20.8 Å². The van der Waals surface area contributed by atoms with Crippen LogP contribution in [0.4, 0.5) is 13.2 Å². The zero-order valence-electron chi connectivity index (χ0n) is 17.2. The van der Waals surface area contributed by atoms with Crippen LogP contribution in [0.2, 0.25) is 0 Å². The molecule has 0 N–H and O–H groups in total. The van der Waals surface area contributed by atoms with Crippen molar-refractivity contribution in [2.75, 3.05) is 0 Å². The molecule has 1 atom stereocenters. The van der Waals surface area contributed by atoms with Gasteiger partial charge in [0.1, 0.15) is 0 Å². The standard InChI is InChI=1S/C24H20F3O3P/c1-15-13-14-16(2)21(17(15)3)23(29)31(30,22(28)18-9-5-4-6-10-18)20-12-8-7-11-19(20)24(25,26)27/h4-14H,1-3H3. The van der Waals surface area contributed by atoms with Crippen molar-refractivity contribution in [1.29, 1.82) is 0 Å². The summed E-state index contributed by atoms with van der Waals surface area (Å²) in [5, 5.41) is -0.790. The lowest BCUT2D eigenvalue weighted by Crippen LogP contribution is -2.27. The summed E-state index contributed by atoms with van der Waals surface area (Å²) in [4.78, 5) is 27.1. The molecule has 0 bridgehead atoms. The lowest BCUT2D eigenvalue weighted by atomic mass is 9.99. The molecule has 31 heavy (non-hydrogen) atoms. The first-order chi connectivity index (χ1) is 14.5. The van der Waals surface area contributed by atoms with Gasteiger partial charge in [0.25, 0.3) is 0 Å². The second-order valence-electron chi connectivity index (χ2n) is 7.30. The van der Waals surface area contributed by atoms with Gasteiger partial charge in [0.05, 0.1) is 5.56 Å². The summed E-state index contributed by atoms with van der Waals surface area (Å²) in [6.45, 7) is 4.97. The summed E-state index contributed by atoms with van der Waals surface area (Å²) in [6, 6.07) is 14.8. The highest BCUT2D eigenvalue weighted by atomic mass is 31.2. The second kappa shape index (κ2) is 8.27. The highest BCUT2D eigenvalue weighted by Crippen LogP contribution is 2.54. The van der Waals surface area contributed by atoms with E-state index in [0.717, 1.165) is 18.2 Å². The molecule has 0 amide bonds. The van der Waals surface area contributed by atoms with Crippen LogP contribution in [-0.4, -0.2) is 11.0 Å². The third-order valence-electron chi connectivity index (χ3n) is 5.30.